The van der Waals surface area contributed by atoms with Gasteiger partial charge in [0.2, 0.25) is 0 Å². The van der Waals surface area contributed by atoms with Crippen molar-refractivity contribution >= 4 is 27.6 Å². The Bertz CT molecular complexity index is 1690. The molecule has 5 aromatic rings. The lowest BCUT2D eigenvalue weighted by Crippen LogP contribution is -2.32. The summed E-state index contributed by atoms with van der Waals surface area (Å²) in [6, 6.07) is 26.6. The average molecular weight is 604 g/mol. The van der Waals surface area contributed by atoms with E-state index in [1.54, 1.807) is 24.3 Å². The first-order valence-corrected chi connectivity index (χ1v) is 15.1. The first kappa shape index (κ1) is 28.8. The van der Waals surface area contributed by atoms with Crippen molar-refractivity contribution in [3.8, 4) is 5.75 Å². The summed E-state index contributed by atoms with van der Waals surface area (Å²) in [4.78, 5) is 14.1. The molecule has 0 aliphatic heterocycles. The first-order valence-electron chi connectivity index (χ1n) is 13.9. The molecule has 5 aromatic carbocycles. The Balaban J connectivity index is 1.21. The number of carbonyl (C=O) groups is 1. The second kappa shape index (κ2) is 12.1. The van der Waals surface area contributed by atoms with Gasteiger partial charge in [-0.25, -0.2) is 22.4 Å². The topological polar surface area (TPSA) is 35.5 Å². The van der Waals surface area contributed by atoms with E-state index in [1.807, 2.05) is 42.5 Å². The maximum absolute atomic E-state index is 14.1. The molecule has 0 unspecified atom stereocenters. The summed E-state index contributed by atoms with van der Waals surface area (Å²) in [5, 5.41) is 2.14. The number of benzene rings is 5. The van der Waals surface area contributed by atoms with E-state index < -0.39 is 45.7 Å². The van der Waals surface area contributed by atoms with Crippen LogP contribution in [0.4, 0.5) is 17.6 Å². The maximum atomic E-state index is 14.1. The summed E-state index contributed by atoms with van der Waals surface area (Å²) >= 11 is 0. The highest BCUT2D eigenvalue weighted by atomic mass is 32.2. The van der Waals surface area contributed by atoms with Crippen molar-refractivity contribution in [3.63, 3.8) is 0 Å². The summed E-state index contributed by atoms with van der Waals surface area (Å²) in [6.45, 7) is -0.318. The van der Waals surface area contributed by atoms with Gasteiger partial charge < -0.3 is 9.47 Å². The number of fused-ring (bicyclic) bond motifs is 1. The summed E-state index contributed by atoms with van der Waals surface area (Å²) < 4.78 is 68.4. The first-order chi connectivity index (χ1) is 20.8. The van der Waals surface area contributed by atoms with E-state index in [0.29, 0.717) is 10.6 Å². The zero-order chi connectivity index (χ0) is 30.0. The van der Waals surface area contributed by atoms with Gasteiger partial charge in [0.05, 0.1) is 10.9 Å². The van der Waals surface area contributed by atoms with E-state index >= 15 is 0 Å². The van der Waals surface area contributed by atoms with E-state index in [4.69, 9.17) is 9.47 Å². The minimum atomic E-state index is -1.23. The molecule has 1 fully saturated rings. The highest BCUT2D eigenvalue weighted by Gasteiger charge is 2.40. The van der Waals surface area contributed by atoms with E-state index in [2.05, 4.69) is 0 Å². The molecule has 218 valence electrons. The number of esters is 1. The van der Waals surface area contributed by atoms with Gasteiger partial charge in [-0.3, -0.25) is 0 Å². The van der Waals surface area contributed by atoms with E-state index in [0.717, 1.165) is 78.4 Å². The third kappa shape index (κ3) is 6.25. The number of carbonyl (C=O) groups excluding carboxylic acids is 1. The quantitative estimate of drug-likeness (QED) is 0.101. The highest BCUT2D eigenvalue weighted by molar-refractivity contribution is 7.97. The second-order valence-electron chi connectivity index (χ2n) is 10.5. The molecule has 1 saturated carbocycles. The van der Waals surface area contributed by atoms with Crippen molar-refractivity contribution in [1.82, 2.24) is 0 Å². The number of ether oxygens (including phenoxy) is 2. The van der Waals surface area contributed by atoms with Crippen LogP contribution in [0.3, 0.4) is 0 Å². The summed E-state index contributed by atoms with van der Waals surface area (Å²) in [7, 11) is -1.23. The van der Waals surface area contributed by atoms with Crippen molar-refractivity contribution in [2.45, 2.75) is 46.0 Å². The average Bonchev–Trinajstić information content (AvgIpc) is 3.45. The van der Waals surface area contributed by atoms with Crippen LogP contribution < -0.4 is 4.74 Å². The molecule has 6 rings (SSSR count). The number of halogens is 4. The smallest absolute Gasteiger partial charge is 0.345 e. The Labute approximate surface area is 249 Å². The molecule has 0 atom stereocenters. The Morgan fingerprint density at radius 1 is 0.674 bits per heavy atom. The number of rotatable bonds is 8. The highest BCUT2D eigenvalue weighted by Crippen LogP contribution is 2.45. The summed E-state index contributed by atoms with van der Waals surface area (Å²) in [5.41, 5.74) is 0.273. The van der Waals surface area contributed by atoms with Crippen LogP contribution in [0, 0.1) is 23.3 Å². The number of hydrogen-bond donors (Lipinski definition) is 0. The molecule has 0 amide bonds. The second-order valence-corrected chi connectivity index (χ2v) is 12.5. The molecule has 0 N–H and O–H groups in total. The van der Waals surface area contributed by atoms with Gasteiger partial charge in [-0.05, 0) is 60.7 Å². The molecule has 0 spiro atoms. The molecule has 0 saturated heterocycles. The van der Waals surface area contributed by atoms with Gasteiger partial charge in [0.25, 0.3) is 0 Å². The lowest BCUT2D eigenvalue weighted by atomic mass is 9.87. The third-order valence-corrected chi connectivity index (χ3v) is 9.72. The van der Waals surface area contributed by atoms with Gasteiger partial charge in [-0.1, -0.05) is 42.5 Å². The molecular weight excluding hydrogens is 576 g/mol. The van der Waals surface area contributed by atoms with Crippen LogP contribution in [0.5, 0.6) is 5.75 Å². The van der Waals surface area contributed by atoms with Crippen LogP contribution >= 0.6 is 0 Å². The monoisotopic (exact) mass is 603 g/mol. The minimum absolute atomic E-state index is 0.218. The SMILES string of the molecule is O=C(COc1ccc([S+](c2cc(F)cc(F)c2)c2cc(F)cc(F)c2)cc1)OC1(c2cccc3ccccc23)CCCC1. The van der Waals surface area contributed by atoms with Crippen LogP contribution in [0.2, 0.25) is 0 Å². The molecule has 3 nitrogen and oxygen atoms in total. The lowest BCUT2D eigenvalue weighted by molar-refractivity contribution is -0.163. The van der Waals surface area contributed by atoms with E-state index in [9.17, 15) is 22.4 Å². The van der Waals surface area contributed by atoms with Crippen LogP contribution in [0.15, 0.2) is 118 Å². The van der Waals surface area contributed by atoms with Gasteiger partial charge in [0.1, 0.15) is 34.6 Å². The maximum Gasteiger partial charge on any atom is 0.345 e. The largest absolute Gasteiger partial charge is 0.482 e. The fraction of sp³-hybridized carbons (Fsp3) is 0.171. The fourth-order valence-electron chi connectivity index (χ4n) is 5.76. The van der Waals surface area contributed by atoms with E-state index in [-0.39, 0.29) is 16.4 Å². The van der Waals surface area contributed by atoms with Gasteiger partial charge >= 0.3 is 5.97 Å². The fourth-order valence-corrected chi connectivity index (χ4v) is 7.90. The predicted molar refractivity (Wildman–Crippen MR) is 157 cm³/mol. The third-order valence-electron chi connectivity index (χ3n) is 7.56. The molecule has 0 aromatic heterocycles. The van der Waals surface area contributed by atoms with Crippen molar-refractivity contribution < 1.29 is 31.8 Å². The summed E-state index contributed by atoms with van der Waals surface area (Å²) in [5.74, 6) is -3.33. The predicted octanol–water partition coefficient (Wildman–Crippen LogP) is 8.88. The molecule has 1 aliphatic rings. The molecule has 1 aliphatic carbocycles. The lowest BCUT2D eigenvalue weighted by Gasteiger charge is -2.31. The van der Waals surface area contributed by atoms with Crippen molar-refractivity contribution in [1.29, 1.82) is 0 Å². The molecule has 0 heterocycles. The molecule has 8 heteroatoms. The van der Waals surface area contributed by atoms with E-state index in [1.165, 1.54) is 0 Å². The van der Waals surface area contributed by atoms with Crippen LogP contribution in [-0.4, -0.2) is 12.6 Å². The standard InChI is InChI=1S/C35H27F4O3S/c36-24-16-25(37)19-30(18-24)43(31-20-26(38)17-27(39)21-31)29-12-10-28(11-13-29)41-22-34(40)42-35(14-3-4-15-35)33-9-5-7-23-6-1-2-8-32(23)33/h1-2,5-13,16-21H,3-4,14-15,22H2/q+1. The van der Waals surface area contributed by atoms with Crippen molar-refractivity contribution in [2.75, 3.05) is 6.61 Å². The van der Waals surface area contributed by atoms with Gasteiger partial charge in [-0.2, -0.15) is 0 Å². The van der Waals surface area contributed by atoms with Crippen molar-refractivity contribution in [3.05, 3.63) is 132 Å². The van der Waals surface area contributed by atoms with Crippen molar-refractivity contribution in [2.24, 2.45) is 0 Å². The summed E-state index contributed by atoms with van der Waals surface area (Å²) in [6.07, 6.45) is 3.35. The Hall–Kier alpha value is -4.30. The zero-order valence-corrected chi connectivity index (χ0v) is 23.8. The van der Waals surface area contributed by atoms with Crippen LogP contribution in [0.1, 0.15) is 31.2 Å². The van der Waals surface area contributed by atoms with Gasteiger partial charge in [-0.15, -0.1) is 0 Å². The molecule has 43 heavy (non-hydrogen) atoms. The molecular formula is C35H27F4O3S+. The normalized spacial score (nSPS) is 14.3. The zero-order valence-electron chi connectivity index (χ0n) is 23.0. The molecule has 0 bridgehead atoms. The number of hydrogen-bond acceptors (Lipinski definition) is 3. The Morgan fingerprint density at radius 2 is 1.23 bits per heavy atom. The van der Waals surface area contributed by atoms with Gasteiger partial charge in [0, 0.05) is 42.0 Å². The Morgan fingerprint density at radius 3 is 1.84 bits per heavy atom. The Kier molecular flexibility index (Phi) is 8.13. The minimum Gasteiger partial charge on any atom is -0.482 e. The molecule has 0 radical (unpaired) electrons. The van der Waals surface area contributed by atoms with Crippen LogP contribution in [0.25, 0.3) is 10.8 Å². The van der Waals surface area contributed by atoms with Gasteiger partial charge in [0.15, 0.2) is 21.3 Å². The van der Waals surface area contributed by atoms with Crippen LogP contribution in [-0.2, 0) is 26.0 Å².